The second kappa shape index (κ2) is 6.37. The zero-order chi connectivity index (χ0) is 15.5. The minimum Gasteiger partial charge on any atom is -0.462 e. The van der Waals surface area contributed by atoms with Crippen LogP contribution in [-0.2, 0) is 4.74 Å². The van der Waals surface area contributed by atoms with Crippen LogP contribution in [0.3, 0.4) is 0 Å². The van der Waals surface area contributed by atoms with E-state index in [-0.39, 0.29) is 5.97 Å². The largest absolute Gasteiger partial charge is 0.462 e. The van der Waals surface area contributed by atoms with Crippen LogP contribution in [-0.4, -0.2) is 25.7 Å². The van der Waals surface area contributed by atoms with E-state index in [1.54, 1.807) is 12.1 Å². The topological polar surface area (TPSA) is 55.6 Å². The molecule has 21 heavy (non-hydrogen) atoms. The monoisotopic (exact) mass is 290 g/mol. The Labute approximate surface area is 127 Å². The lowest BCUT2D eigenvalue weighted by atomic mass is 9.85. The van der Waals surface area contributed by atoms with Crippen molar-refractivity contribution in [1.82, 2.24) is 0 Å². The van der Waals surface area contributed by atoms with Crippen molar-refractivity contribution in [1.29, 1.82) is 0 Å². The van der Waals surface area contributed by atoms with E-state index in [1.165, 1.54) is 6.42 Å². The molecule has 0 radical (unpaired) electrons. The number of hydrogen-bond donors (Lipinski definition) is 1. The number of nitrogens with zero attached hydrogens (tertiary/aromatic N) is 1. The van der Waals surface area contributed by atoms with Gasteiger partial charge in [-0.3, -0.25) is 0 Å². The van der Waals surface area contributed by atoms with Crippen molar-refractivity contribution in [2.24, 2.45) is 5.41 Å². The predicted molar refractivity (Wildman–Crippen MR) is 86.7 cm³/mol. The van der Waals surface area contributed by atoms with E-state index in [0.717, 1.165) is 37.3 Å². The van der Waals surface area contributed by atoms with Crippen molar-refractivity contribution >= 4 is 17.3 Å². The average Bonchev–Trinajstić information content (AvgIpc) is 2.60. The fraction of sp³-hybridized carbons (Fsp3) is 0.588. The van der Waals surface area contributed by atoms with E-state index in [0.29, 0.717) is 17.6 Å². The molecule has 1 heterocycles. The van der Waals surface area contributed by atoms with Gasteiger partial charge in [0.15, 0.2) is 0 Å². The lowest BCUT2D eigenvalue weighted by molar-refractivity contribution is 0.0526. The van der Waals surface area contributed by atoms with Crippen LogP contribution in [0, 0.1) is 5.41 Å². The molecule has 1 fully saturated rings. The molecule has 0 unspecified atom stereocenters. The Hall–Kier alpha value is -1.71. The number of ether oxygens (including phenoxy) is 1. The molecule has 0 aliphatic carbocycles. The molecule has 2 N–H and O–H groups in total. The van der Waals surface area contributed by atoms with Crippen LogP contribution in [0.4, 0.5) is 11.4 Å². The molecule has 1 aliphatic heterocycles. The normalized spacial score (nSPS) is 18.1. The van der Waals surface area contributed by atoms with E-state index in [1.807, 2.05) is 13.0 Å². The standard InChI is InChI=1S/C17H26N2O2/c1-4-21-16(20)13-6-7-14(18)15(12-13)19-10-5-8-17(2,3)9-11-19/h6-7,12H,4-5,8-11,18H2,1-3H3. The molecule has 4 nitrogen and oxygen atoms in total. The minimum absolute atomic E-state index is 0.283. The Morgan fingerprint density at radius 2 is 2.10 bits per heavy atom. The summed E-state index contributed by atoms with van der Waals surface area (Å²) < 4.78 is 5.07. The zero-order valence-electron chi connectivity index (χ0n) is 13.3. The van der Waals surface area contributed by atoms with Crippen molar-refractivity contribution in [3.05, 3.63) is 23.8 Å². The molecule has 1 aliphatic rings. The van der Waals surface area contributed by atoms with Gasteiger partial charge in [0.2, 0.25) is 0 Å². The van der Waals surface area contributed by atoms with Crippen molar-refractivity contribution in [3.8, 4) is 0 Å². The summed E-state index contributed by atoms with van der Waals surface area (Å²) in [5, 5.41) is 0. The van der Waals surface area contributed by atoms with E-state index in [4.69, 9.17) is 10.5 Å². The van der Waals surface area contributed by atoms with Gasteiger partial charge >= 0.3 is 5.97 Å². The molecular formula is C17H26N2O2. The van der Waals surface area contributed by atoms with E-state index >= 15 is 0 Å². The third-order valence-electron chi connectivity index (χ3n) is 4.22. The van der Waals surface area contributed by atoms with Crippen molar-refractivity contribution in [3.63, 3.8) is 0 Å². The van der Waals surface area contributed by atoms with Crippen molar-refractivity contribution in [2.45, 2.75) is 40.0 Å². The van der Waals surface area contributed by atoms with Gasteiger partial charge in [0.1, 0.15) is 0 Å². The predicted octanol–water partition coefficient (Wildman–Crippen LogP) is 3.46. The summed E-state index contributed by atoms with van der Waals surface area (Å²) in [6, 6.07) is 5.40. The first-order chi connectivity index (χ1) is 9.93. The summed E-state index contributed by atoms with van der Waals surface area (Å²) in [6.45, 7) is 8.79. The van der Waals surface area contributed by atoms with Crippen LogP contribution in [0.25, 0.3) is 0 Å². The third kappa shape index (κ3) is 3.90. The Bertz CT molecular complexity index is 512. The Morgan fingerprint density at radius 3 is 2.81 bits per heavy atom. The molecule has 0 spiro atoms. The molecule has 0 aromatic heterocycles. The van der Waals surface area contributed by atoms with Gasteiger partial charge in [-0.2, -0.15) is 0 Å². The summed E-state index contributed by atoms with van der Waals surface area (Å²) in [5.41, 5.74) is 8.75. The number of rotatable bonds is 3. The highest BCUT2D eigenvalue weighted by Gasteiger charge is 2.24. The summed E-state index contributed by atoms with van der Waals surface area (Å²) in [4.78, 5) is 14.2. The number of esters is 1. The molecule has 2 rings (SSSR count). The number of benzene rings is 1. The first-order valence-corrected chi connectivity index (χ1v) is 7.74. The fourth-order valence-electron chi connectivity index (χ4n) is 2.82. The molecule has 0 amide bonds. The zero-order valence-corrected chi connectivity index (χ0v) is 13.3. The number of carbonyl (C=O) groups is 1. The molecule has 116 valence electrons. The second-order valence-corrected chi connectivity index (χ2v) is 6.50. The Morgan fingerprint density at radius 1 is 1.33 bits per heavy atom. The summed E-state index contributed by atoms with van der Waals surface area (Å²) in [5.74, 6) is -0.283. The van der Waals surface area contributed by atoms with Gasteiger partial charge in [-0.05, 0) is 49.8 Å². The Balaban J connectivity index is 2.22. The molecule has 0 atom stereocenters. The van der Waals surface area contributed by atoms with Crippen LogP contribution in [0.5, 0.6) is 0 Å². The molecule has 0 bridgehead atoms. The minimum atomic E-state index is -0.283. The van der Waals surface area contributed by atoms with Gasteiger partial charge in [-0.15, -0.1) is 0 Å². The smallest absolute Gasteiger partial charge is 0.338 e. The molecule has 1 aromatic rings. The lowest BCUT2D eigenvalue weighted by Crippen LogP contribution is -2.26. The summed E-state index contributed by atoms with van der Waals surface area (Å²) >= 11 is 0. The van der Waals surface area contributed by atoms with Gasteiger partial charge in [-0.25, -0.2) is 4.79 Å². The lowest BCUT2D eigenvalue weighted by Gasteiger charge is -2.26. The number of nitrogens with two attached hydrogens (primary N) is 1. The van der Waals surface area contributed by atoms with Gasteiger partial charge in [0, 0.05) is 13.1 Å². The first-order valence-electron chi connectivity index (χ1n) is 7.74. The number of carbonyl (C=O) groups excluding carboxylic acids is 1. The molecular weight excluding hydrogens is 264 g/mol. The maximum Gasteiger partial charge on any atom is 0.338 e. The number of nitrogen functional groups attached to an aromatic ring is 1. The van der Waals surface area contributed by atoms with E-state index < -0.39 is 0 Å². The maximum absolute atomic E-state index is 11.9. The van der Waals surface area contributed by atoms with Crippen molar-refractivity contribution in [2.75, 3.05) is 30.3 Å². The highest BCUT2D eigenvalue weighted by Crippen LogP contribution is 2.33. The van der Waals surface area contributed by atoms with Crippen LogP contribution in [0.15, 0.2) is 18.2 Å². The third-order valence-corrected chi connectivity index (χ3v) is 4.22. The first kappa shape index (κ1) is 15.7. The van der Waals surface area contributed by atoms with Crippen LogP contribution >= 0.6 is 0 Å². The summed E-state index contributed by atoms with van der Waals surface area (Å²) in [7, 11) is 0. The molecule has 1 saturated heterocycles. The molecule has 1 aromatic carbocycles. The van der Waals surface area contributed by atoms with E-state index in [9.17, 15) is 4.79 Å². The summed E-state index contributed by atoms with van der Waals surface area (Å²) in [6.07, 6.45) is 3.51. The molecule has 4 heteroatoms. The van der Waals surface area contributed by atoms with Crippen molar-refractivity contribution < 1.29 is 9.53 Å². The SMILES string of the molecule is CCOC(=O)c1ccc(N)c(N2CCCC(C)(C)CC2)c1. The number of anilines is 2. The van der Waals surface area contributed by atoms with Crippen LogP contribution in [0.1, 0.15) is 50.4 Å². The second-order valence-electron chi connectivity index (χ2n) is 6.50. The van der Waals surface area contributed by atoms with Gasteiger partial charge in [0.25, 0.3) is 0 Å². The van der Waals surface area contributed by atoms with Crippen LogP contribution in [0.2, 0.25) is 0 Å². The highest BCUT2D eigenvalue weighted by molar-refractivity contribution is 5.92. The maximum atomic E-state index is 11.9. The van der Waals surface area contributed by atoms with Gasteiger partial charge < -0.3 is 15.4 Å². The number of hydrogen-bond acceptors (Lipinski definition) is 4. The fourth-order valence-corrected chi connectivity index (χ4v) is 2.82. The quantitative estimate of drug-likeness (QED) is 0.684. The Kier molecular flexibility index (Phi) is 4.76. The van der Waals surface area contributed by atoms with E-state index in [2.05, 4.69) is 18.7 Å². The van der Waals surface area contributed by atoms with Crippen LogP contribution < -0.4 is 10.6 Å². The molecule has 0 saturated carbocycles. The average molecular weight is 290 g/mol. The highest BCUT2D eigenvalue weighted by atomic mass is 16.5. The van der Waals surface area contributed by atoms with Gasteiger partial charge in [-0.1, -0.05) is 13.8 Å². The van der Waals surface area contributed by atoms with Gasteiger partial charge in [0.05, 0.1) is 23.5 Å².